The van der Waals surface area contributed by atoms with Crippen LogP contribution < -0.4 is 21.5 Å². The third-order valence-electron chi connectivity index (χ3n) is 4.35. The molecule has 0 radical (unpaired) electrons. The van der Waals surface area contributed by atoms with Crippen LogP contribution in [0.4, 0.5) is 11.5 Å². The molecule has 7 heteroatoms. The standard InChI is InChI=1S/C20H23N5OS/c1-13-7-5-8-14(2)17(13)23-20(27)22-12-6-11-21-18-15-9-3-4-10-16(15)19(26)25-24-18/h3-5,7-10H,6,11-12H2,1-2H3,(H,21,24)(H,25,26)(H2,22,23,27). The molecule has 0 atom stereocenters. The first-order valence-electron chi connectivity index (χ1n) is 8.88. The summed E-state index contributed by atoms with van der Waals surface area (Å²) >= 11 is 5.38. The molecule has 0 aliphatic heterocycles. The average molecular weight is 382 g/mol. The normalized spacial score (nSPS) is 10.6. The van der Waals surface area contributed by atoms with Crippen LogP contribution in [-0.4, -0.2) is 28.4 Å². The zero-order valence-electron chi connectivity index (χ0n) is 15.4. The summed E-state index contributed by atoms with van der Waals surface area (Å²) in [6, 6.07) is 13.6. The largest absolute Gasteiger partial charge is 0.368 e. The molecule has 0 bridgehead atoms. The second kappa shape index (κ2) is 8.64. The predicted molar refractivity (Wildman–Crippen MR) is 116 cm³/mol. The molecular formula is C20H23N5OS. The number of hydrogen-bond donors (Lipinski definition) is 4. The van der Waals surface area contributed by atoms with E-state index in [-0.39, 0.29) is 5.56 Å². The third-order valence-corrected chi connectivity index (χ3v) is 4.59. The van der Waals surface area contributed by atoms with Crippen LogP contribution in [0.3, 0.4) is 0 Å². The van der Waals surface area contributed by atoms with Crippen molar-refractivity contribution in [3.8, 4) is 0 Å². The lowest BCUT2D eigenvalue weighted by atomic mass is 10.1. The van der Waals surface area contributed by atoms with Crippen LogP contribution in [0.1, 0.15) is 17.5 Å². The second-order valence-electron chi connectivity index (χ2n) is 6.37. The van der Waals surface area contributed by atoms with Gasteiger partial charge in [-0.3, -0.25) is 4.79 Å². The van der Waals surface area contributed by atoms with Crippen molar-refractivity contribution in [2.24, 2.45) is 0 Å². The van der Waals surface area contributed by atoms with Crippen molar-refractivity contribution < 1.29 is 0 Å². The molecule has 6 nitrogen and oxygen atoms in total. The predicted octanol–water partition coefficient (Wildman–Crippen LogP) is 3.33. The maximum atomic E-state index is 11.8. The highest BCUT2D eigenvalue weighted by Crippen LogP contribution is 2.19. The van der Waals surface area contributed by atoms with E-state index in [1.54, 1.807) is 6.07 Å². The van der Waals surface area contributed by atoms with Crippen molar-refractivity contribution >= 4 is 39.6 Å². The number of rotatable bonds is 6. The summed E-state index contributed by atoms with van der Waals surface area (Å²) in [6.07, 6.45) is 0.851. The van der Waals surface area contributed by atoms with Crippen LogP contribution in [-0.2, 0) is 0 Å². The molecule has 0 saturated heterocycles. The Morgan fingerprint density at radius 3 is 2.48 bits per heavy atom. The van der Waals surface area contributed by atoms with Crippen LogP contribution in [0, 0.1) is 13.8 Å². The Hall–Kier alpha value is -2.93. The molecule has 0 aliphatic rings. The van der Waals surface area contributed by atoms with Crippen LogP contribution in [0.2, 0.25) is 0 Å². The van der Waals surface area contributed by atoms with Gasteiger partial charge in [-0.15, -0.1) is 0 Å². The molecule has 0 fully saturated rings. The first-order chi connectivity index (χ1) is 13.1. The van der Waals surface area contributed by atoms with Gasteiger partial charge in [0, 0.05) is 24.2 Å². The van der Waals surface area contributed by atoms with Gasteiger partial charge in [-0.1, -0.05) is 36.4 Å². The highest BCUT2D eigenvalue weighted by atomic mass is 32.1. The number of hydrogen-bond acceptors (Lipinski definition) is 4. The number of para-hydroxylation sites is 1. The molecule has 1 heterocycles. The third kappa shape index (κ3) is 4.62. The van der Waals surface area contributed by atoms with Crippen molar-refractivity contribution in [3.05, 3.63) is 63.9 Å². The van der Waals surface area contributed by atoms with Crippen molar-refractivity contribution in [2.75, 3.05) is 23.7 Å². The molecule has 140 valence electrons. The Bertz CT molecular complexity index is 994. The first-order valence-corrected chi connectivity index (χ1v) is 9.29. The number of nitrogens with zero attached hydrogens (tertiary/aromatic N) is 1. The Morgan fingerprint density at radius 2 is 1.74 bits per heavy atom. The minimum atomic E-state index is -0.180. The second-order valence-corrected chi connectivity index (χ2v) is 6.78. The van der Waals surface area contributed by atoms with Gasteiger partial charge in [-0.25, -0.2) is 5.10 Å². The number of aryl methyl sites for hydroxylation is 2. The number of nitrogens with one attached hydrogen (secondary N) is 4. The molecule has 3 rings (SSSR count). The summed E-state index contributed by atoms with van der Waals surface area (Å²) < 4.78 is 0. The van der Waals surface area contributed by atoms with Gasteiger partial charge in [-0.05, 0) is 49.7 Å². The van der Waals surface area contributed by atoms with E-state index in [4.69, 9.17) is 12.2 Å². The number of H-pyrrole nitrogens is 1. The zero-order valence-corrected chi connectivity index (χ0v) is 16.2. The van der Waals surface area contributed by atoms with Gasteiger partial charge in [0.1, 0.15) is 0 Å². The summed E-state index contributed by atoms with van der Waals surface area (Å²) in [7, 11) is 0. The minimum absolute atomic E-state index is 0.180. The van der Waals surface area contributed by atoms with Crippen LogP contribution in [0.15, 0.2) is 47.3 Å². The number of thiocarbonyl (C=S) groups is 1. The Kier molecular flexibility index (Phi) is 6.03. The lowest BCUT2D eigenvalue weighted by Crippen LogP contribution is -2.30. The Balaban J connectivity index is 1.48. The number of aromatic amines is 1. The molecule has 2 aromatic carbocycles. The molecule has 27 heavy (non-hydrogen) atoms. The van der Waals surface area contributed by atoms with Gasteiger partial charge in [0.15, 0.2) is 10.9 Å². The summed E-state index contributed by atoms with van der Waals surface area (Å²) in [4.78, 5) is 11.8. The number of fused-ring (bicyclic) bond motifs is 1. The number of benzene rings is 2. The Morgan fingerprint density at radius 1 is 1.04 bits per heavy atom. The first kappa shape index (κ1) is 18.8. The van der Waals surface area contributed by atoms with Gasteiger partial charge in [0.05, 0.1) is 5.39 Å². The SMILES string of the molecule is Cc1cccc(C)c1NC(=S)NCCCNc1n[nH]c(=O)c2ccccc12. The van der Waals surface area contributed by atoms with E-state index in [2.05, 4.69) is 52.1 Å². The lowest BCUT2D eigenvalue weighted by Gasteiger charge is -2.15. The van der Waals surface area contributed by atoms with Crippen molar-refractivity contribution in [3.63, 3.8) is 0 Å². The van der Waals surface area contributed by atoms with E-state index in [1.165, 1.54) is 0 Å². The maximum Gasteiger partial charge on any atom is 0.272 e. The number of aromatic nitrogens is 2. The van der Waals surface area contributed by atoms with Crippen molar-refractivity contribution in [2.45, 2.75) is 20.3 Å². The summed E-state index contributed by atoms with van der Waals surface area (Å²) in [5, 5.41) is 18.5. The van der Waals surface area contributed by atoms with E-state index in [0.29, 0.717) is 22.9 Å². The van der Waals surface area contributed by atoms with E-state index >= 15 is 0 Å². The Labute approximate surface area is 163 Å². The van der Waals surface area contributed by atoms with Crippen molar-refractivity contribution in [1.29, 1.82) is 0 Å². The van der Waals surface area contributed by atoms with E-state index in [9.17, 15) is 4.79 Å². The van der Waals surface area contributed by atoms with Gasteiger partial charge < -0.3 is 16.0 Å². The highest BCUT2D eigenvalue weighted by molar-refractivity contribution is 7.80. The molecule has 0 spiro atoms. The highest BCUT2D eigenvalue weighted by Gasteiger charge is 2.06. The molecule has 4 N–H and O–H groups in total. The van der Waals surface area contributed by atoms with Gasteiger partial charge in [0.2, 0.25) is 0 Å². The molecule has 0 saturated carbocycles. The average Bonchev–Trinajstić information content (AvgIpc) is 2.66. The van der Waals surface area contributed by atoms with Crippen LogP contribution >= 0.6 is 12.2 Å². The fourth-order valence-electron chi connectivity index (χ4n) is 2.92. The van der Waals surface area contributed by atoms with Gasteiger partial charge in [-0.2, -0.15) is 5.10 Å². The van der Waals surface area contributed by atoms with E-state index in [0.717, 1.165) is 35.2 Å². The monoisotopic (exact) mass is 381 g/mol. The minimum Gasteiger partial charge on any atom is -0.368 e. The smallest absolute Gasteiger partial charge is 0.272 e. The molecule has 0 amide bonds. The van der Waals surface area contributed by atoms with Crippen LogP contribution in [0.25, 0.3) is 10.8 Å². The van der Waals surface area contributed by atoms with Crippen molar-refractivity contribution in [1.82, 2.24) is 15.5 Å². The van der Waals surface area contributed by atoms with E-state index < -0.39 is 0 Å². The van der Waals surface area contributed by atoms with E-state index in [1.807, 2.05) is 24.3 Å². The quantitative estimate of drug-likeness (QED) is 0.387. The fraction of sp³-hybridized carbons (Fsp3) is 0.250. The molecular weight excluding hydrogens is 358 g/mol. The summed E-state index contributed by atoms with van der Waals surface area (Å²) in [6.45, 7) is 5.56. The molecule has 3 aromatic rings. The summed E-state index contributed by atoms with van der Waals surface area (Å²) in [5.74, 6) is 0.682. The maximum absolute atomic E-state index is 11.8. The molecule has 0 aliphatic carbocycles. The number of anilines is 2. The summed E-state index contributed by atoms with van der Waals surface area (Å²) in [5.41, 5.74) is 3.20. The molecule has 1 aromatic heterocycles. The van der Waals surface area contributed by atoms with Gasteiger partial charge >= 0.3 is 0 Å². The fourth-order valence-corrected chi connectivity index (χ4v) is 3.12. The zero-order chi connectivity index (χ0) is 19.2. The molecule has 0 unspecified atom stereocenters. The lowest BCUT2D eigenvalue weighted by molar-refractivity contribution is 0.805. The van der Waals surface area contributed by atoms with Gasteiger partial charge in [0.25, 0.3) is 5.56 Å². The van der Waals surface area contributed by atoms with Crippen LogP contribution in [0.5, 0.6) is 0 Å². The topological polar surface area (TPSA) is 81.8 Å².